The highest BCUT2D eigenvalue weighted by atomic mass is 16.3. The van der Waals surface area contributed by atoms with Crippen LogP contribution < -0.4 is 0 Å². The normalized spacial score (nSPS) is 17.8. The van der Waals surface area contributed by atoms with Crippen LogP contribution in [0.25, 0.3) is 0 Å². The highest BCUT2D eigenvalue weighted by Gasteiger charge is 2.22. The summed E-state index contributed by atoms with van der Waals surface area (Å²) in [5.74, 6) is 0.509. The van der Waals surface area contributed by atoms with E-state index < -0.39 is 5.60 Å². The highest BCUT2D eigenvalue weighted by Crippen LogP contribution is 2.22. The molecule has 1 N–H and O–H groups in total. The van der Waals surface area contributed by atoms with Gasteiger partial charge in [-0.15, -0.1) is 0 Å². The number of hydrogen-bond donors (Lipinski definition) is 1. The quantitative estimate of drug-likeness (QED) is 0.620. The first-order valence-electron chi connectivity index (χ1n) is 5.18. The van der Waals surface area contributed by atoms with E-state index in [-0.39, 0.29) is 6.42 Å². The second-order valence-electron chi connectivity index (χ2n) is 4.32. The molecule has 0 aromatic carbocycles. The minimum atomic E-state index is -0.797. The SMILES string of the molecule is CCCCC(C)CC(C)(O)CC=O. The molecule has 0 fully saturated rings. The van der Waals surface area contributed by atoms with Gasteiger partial charge in [0.2, 0.25) is 0 Å². The van der Waals surface area contributed by atoms with E-state index in [2.05, 4.69) is 13.8 Å². The molecule has 0 rings (SSSR count). The maximum absolute atomic E-state index is 10.3. The molecule has 2 atom stereocenters. The average Bonchev–Trinajstić information content (AvgIpc) is 1.99. The third-order valence-corrected chi connectivity index (χ3v) is 2.36. The van der Waals surface area contributed by atoms with Gasteiger partial charge in [-0.1, -0.05) is 33.1 Å². The summed E-state index contributed by atoms with van der Waals surface area (Å²) in [6.07, 6.45) is 5.33. The monoisotopic (exact) mass is 186 g/mol. The number of aliphatic hydroxyl groups is 1. The number of carbonyl (C=O) groups excluding carboxylic acids is 1. The van der Waals surface area contributed by atoms with Crippen molar-refractivity contribution in [3.63, 3.8) is 0 Å². The van der Waals surface area contributed by atoms with Crippen molar-refractivity contribution in [2.24, 2.45) is 5.92 Å². The Morgan fingerprint density at radius 3 is 2.62 bits per heavy atom. The molecule has 0 heterocycles. The Balaban J connectivity index is 3.74. The van der Waals surface area contributed by atoms with Gasteiger partial charge in [0.05, 0.1) is 5.60 Å². The second-order valence-corrected chi connectivity index (χ2v) is 4.32. The van der Waals surface area contributed by atoms with Crippen LogP contribution in [0.5, 0.6) is 0 Å². The molecule has 0 aliphatic rings. The summed E-state index contributed by atoms with van der Waals surface area (Å²) in [5.41, 5.74) is -0.797. The summed E-state index contributed by atoms with van der Waals surface area (Å²) in [7, 11) is 0. The lowest BCUT2D eigenvalue weighted by atomic mass is 9.88. The largest absolute Gasteiger partial charge is 0.390 e. The Labute approximate surface area is 81.3 Å². The van der Waals surface area contributed by atoms with E-state index >= 15 is 0 Å². The number of aldehydes is 1. The minimum absolute atomic E-state index is 0.253. The molecule has 0 spiro atoms. The zero-order valence-corrected chi connectivity index (χ0v) is 9.05. The predicted molar refractivity (Wildman–Crippen MR) is 54.6 cm³/mol. The van der Waals surface area contributed by atoms with Crippen molar-refractivity contribution in [3.05, 3.63) is 0 Å². The molecule has 0 saturated heterocycles. The maximum atomic E-state index is 10.3. The van der Waals surface area contributed by atoms with Gasteiger partial charge < -0.3 is 9.90 Å². The molecule has 2 unspecified atom stereocenters. The van der Waals surface area contributed by atoms with Crippen molar-refractivity contribution in [1.82, 2.24) is 0 Å². The molecule has 0 radical (unpaired) electrons. The van der Waals surface area contributed by atoms with Crippen LogP contribution in [0.1, 0.15) is 52.9 Å². The molecular weight excluding hydrogens is 164 g/mol. The smallest absolute Gasteiger partial charge is 0.122 e. The third kappa shape index (κ3) is 6.76. The van der Waals surface area contributed by atoms with Crippen LogP contribution >= 0.6 is 0 Å². The number of unbranched alkanes of at least 4 members (excludes halogenated alkanes) is 1. The Hall–Kier alpha value is -0.370. The number of carbonyl (C=O) groups is 1. The van der Waals surface area contributed by atoms with E-state index in [0.29, 0.717) is 5.92 Å². The Kier molecular flexibility index (Phi) is 5.97. The molecular formula is C11H22O2. The summed E-state index contributed by atoms with van der Waals surface area (Å²) in [4.78, 5) is 10.3. The Bertz CT molecular complexity index is 141. The van der Waals surface area contributed by atoms with Gasteiger partial charge in [-0.05, 0) is 19.3 Å². The first-order valence-corrected chi connectivity index (χ1v) is 5.18. The van der Waals surface area contributed by atoms with E-state index in [9.17, 15) is 9.90 Å². The van der Waals surface area contributed by atoms with Crippen LogP contribution in [-0.4, -0.2) is 17.0 Å². The molecule has 0 aromatic heterocycles. The third-order valence-electron chi connectivity index (χ3n) is 2.36. The lowest BCUT2D eigenvalue weighted by Gasteiger charge is -2.24. The second kappa shape index (κ2) is 6.14. The van der Waals surface area contributed by atoms with Crippen molar-refractivity contribution in [1.29, 1.82) is 0 Å². The maximum Gasteiger partial charge on any atom is 0.122 e. The van der Waals surface area contributed by atoms with Gasteiger partial charge in [-0.2, -0.15) is 0 Å². The summed E-state index contributed by atoms with van der Waals surface area (Å²) in [5, 5.41) is 9.75. The van der Waals surface area contributed by atoms with Gasteiger partial charge in [0.1, 0.15) is 6.29 Å². The minimum Gasteiger partial charge on any atom is -0.390 e. The molecule has 78 valence electrons. The zero-order valence-electron chi connectivity index (χ0n) is 9.05. The van der Waals surface area contributed by atoms with E-state index in [4.69, 9.17) is 0 Å². The number of rotatable bonds is 7. The van der Waals surface area contributed by atoms with Crippen LogP contribution in [0.4, 0.5) is 0 Å². The van der Waals surface area contributed by atoms with Crippen LogP contribution in [0.15, 0.2) is 0 Å². The van der Waals surface area contributed by atoms with E-state index in [0.717, 1.165) is 19.1 Å². The molecule has 0 amide bonds. The molecule has 13 heavy (non-hydrogen) atoms. The van der Waals surface area contributed by atoms with Gasteiger partial charge >= 0.3 is 0 Å². The number of hydrogen-bond acceptors (Lipinski definition) is 2. The van der Waals surface area contributed by atoms with Crippen molar-refractivity contribution in [2.45, 2.75) is 58.5 Å². The van der Waals surface area contributed by atoms with Crippen LogP contribution in [0.3, 0.4) is 0 Å². The van der Waals surface area contributed by atoms with Gasteiger partial charge in [-0.25, -0.2) is 0 Å². The van der Waals surface area contributed by atoms with Crippen molar-refractivity contribution < 1.29 is 9.90 Å². The van der Waals surface area contributed by atoms with Gasteiger partial charge in [0.25, 0.3) is 0 Å². The molecule has 0 bridgehead atoms. The zero-order chi connectivity index (χ0) is 10.3. The lowest BCUT2D eigenvalue weighted by molar-refractivity contribution is -0.112. The Morgan fingerprint density at radius 2 is 2.15 bits per heavy atom. The van der Waals surface area contributed by atoms with Crippen LogP contribution in [0.2, 0.25) is 0 Å². The standard InChI is InChI=1S/C11H22O2/c1-4-5-6-10(2)9-11(3,13)7-8-12/h8,10,13H,4-7,9H2,1-3H3. The lowest BCUT2D eigenvalue weighted by Crippen LogP contribution is -2.27. The summed E-state index contributed by atoms with van der Waals surface area (Å²) in [6, 6.07) is 0. The summed E-state index contributed by atoms with van der Waals surface area (Å²) in [6.45, 7) is 6.04. The van der Waals surface area contributed by atoms with Gasteiger partial charge in [0, 0.05) is 6.42 Å². The Morgan fingerprint density at radius 1 is 1.54 bits per heavy atom. The molecule has 0 aliphatic heterocycles. The van der Waals surface area contributed by atoms with Crippen LogP contribution in [-0.2, 0) is 4.79 Å². The summed E-state index contributed by atoms with van der Waals surface area (Å²) >= 11 is 0. The van der Waals surface area contributed by atoms with Crippen molar-refractivity contribution >= 4 is 6.29 Å². The van der Waals surface area contributed by atoms with Crippen LogP contribution in [0, 0.1) is 5.92 Å². The van der Waals surface area contributed by atoms with E-state index in [1.807, 2.05) is 0 Å². The highest BCUT2D eigenvalue weighted by molar-refractivity contribution is 5.51. The molecule has 2 nitrogen and oxygen atoms in total. The first kappa shape index (κ1) is 12.6. The predicted octanol–water partition coefficient (Wildman–Crippen LogP) is 2.54. The molecule has 0 saturated carbocycles. The molecule has 0 aromatic rings. The topological polar surface area (TPSA) is 37.3 Å². The molecule has 0 aliphatic carbocycles. The van der Waals surface area contributed by atoms with Gasteiger partial charge in [0.15, 0.2) is 0 Å². The first-order chi connectivity index (χ1) is 6.02. The van der Waals surface area contributed by atoms with Gasteiger partial charge in [-0.3, -0.25) is 0 Å². The van der Waals surface area contributed by atoms with E-state index in [1.165, 1.54) is 12.8 Å². The average molecular weight is 186 g/mol. The van der Waals surface area contributed by atoms with E-state index in [1.54, 1.807) is 6.92 Å². The van der Waals surface area contributed by atoms with Crippen molar-refractivity contribution in [3.8, 4) is 0 Å². The summed E-state index contributed by atoms with van der Waals surface area (Å²) < 4.78 is 0. The molecule has 2 heteroatoms. The van der Waals surface area contributed by atoms with Crippen molar-refractivity contribution in [2.75, 3.05) is 0 Å². The fourth-order valence-corrected chi connectivity index (χ4v) is 1.67. The fourth-order valence-electron chi connectivity index (χ4n) is 1.67. The fraction of sp³-hybridized carbons (Fsp3) is 0.909.